The van der Waals surface area contributed by atoms with Gasteiger partial charge < -0.3 is 8.98 Å². The van der Waals surface area contributed by atoms with Gasteiger partial charge >= 0.3 is 0 Å². The highest BCUT2D eigenvalue weighted by atomic mass is 16.3. The molecule has 11 aromatic rings. The fraction of sp³-hybridized carbons (Fsp3) is 0. The van der Waals surface area contributed by atoms with Gasteiger partial charge in [-0.3, -0.25) is 4.57 Å². The van der Waals surface area contributed by atoms with Crippen LogP contribution in [0.1, 0.15) is 0 Å². The lowest BCUT2D eigenvalue weighted by Crippen LogP contribution is -2.04. The van der Waals surface area contributed by atoms with Crippen molar-refractivity contribution in [3.05, 3.63) is 158 Å². The van der Waals surface area contributed by atoms with Crippen LogP contribution in [-0.2, 0) is 0 Å². The number of nitrogens with zero attached hydrogens (tertiary/aromatic N) is 4. The number of para-hydroxylation sites is 3. The lowest BCUT2D eigenvalue weighted by molar-refractivity contribution is 0.669. The van der Waals surface area contributed by atoms with Crippen LogP contribution in [0.15, 0.2) is 162 Å². The van der Waals surface area contributed by atoms with Gasteiger partial charge in [-0.2, -0.15) is 0 Å². The molecule has 0 aliphatic heterocycles. The van der Waals surface area contributed by atoms with E-state index in [-0.39, 0.29) is 0 Å². The van der Waals surface area contributed by atoms with E-state index < -0.39 is 0 Å². The Morgan fingerprint density at radius 2 is 1.16 bits per heavy atom. The maximum Gasteiger partial charge on any atom is 0.235 e. The Morgan fingerprint density at radius 1 is 0.449 bits per heavy atom. The smallest absolute Gasteiger partial charge is 0.235 e. The third kappa shape index (κ3) is 3.70. The third-order valence-corrected chi connectivity index (χ3v) is 9.91. The van der Waals surface area contributed by atoms with E-state index in [0.717, 1.165) is 88.0 Å². The monoisotopic (exact) mass is 626 g/mol. The van der Waals surface area contributed by atoms with Crippen molar-refractivity contribution in [1.29, 1.82) is 0 Å². The number of hydrogen-bond acceptors (Lipinski definition) is 3. The van der Waals surface area contributed by atoms with Crippen LogP contribution in [0.3, 0.4) is 0 Å². The molecule has 0 spiro atoms. The van der Waals surface area contributed by atoms with Crippen molar-refractivity contribution in [3.8, 4) is 22.9 Å². The van der Waals surface area contributed by atoms with E-state index in [1.165, 1.54) is 5.39 Å². The van der Waals surface area contributed by atoms with E-state index in [2.05, 4.69) is 155 Å². The zero-order valence-electron chi connectivity index (χ0n) is 26.2. The fourth-order valence-corrected chi connectivity index (χ4v) is 7.79. The molecule has 0 saturated heterocycles. The first-order valence-corrected chi connectivity index (χ1v) is 16.5. The minimum absolute atomic E-state index is 0.629. The Morgan fingerprint density at radius 3 is 2.02 bits per heavy atom. The van der Waals surface area contributed by atoms with Crippen LogP contribution in [-0.4, -0.2) is 19.1 Å². The molecule has 7 aromatic carbocycles. The molecule has 0 fully saturated rings. The summed E-state index contributed by atoms with van der Waals surface area (Å²) >= 11 is 0. The molecule has 11 rings (SSSR count). The average molecular weight is 627 g/mol. The van der Waals surface area contributed by atoms with E-state index in [1.807, 2.05) is 12.1 Å². The number of hydrogen-bond donors (Lipinski definition) is 0. The number of fused-ring (bicyclic) bond motifs is 11. The number of rotatable bonds is 3. The predicted octanol–water partition coefficient (Wildman–Crippen LogP) is 11.4. The fourth-order valence-electron chi connectivity index (χ4n) is 7.79. The summed E-state index contributed by atoms with van der Waals surface area (Å²) in [5, 5.41) is 7.85. The summed E-state index contributed by atoms with van der Waals surface area (Å²) in [5.41, 5.74) is 9.81. The molecule has 4 aromatic heterocycles. The molecule has 5 nitrogen and oxygen atoms in total. The Balaban J connectivity index is 1.35. The molecule has 0 bridgehead atoms. The molecule has 0 saturated carbocycles. The maximum atomic E-state index is 6.35. The van der Waals surface area contributed by atoms with Gasteiger partial charge in [-0.25, -0.2) is 9.97 Å². The summed E-state index contributed by atoms with van der Waals surface area (Å²) in [6, 6.07) is 55.2. The Bertz CT molecular complexity index is 3100. The SMILES string of the molecule is c1ccc(-c2nc(-n3c4ccccc4c4cc5oc6ccccc6c5cc43)nc3c4c5ccccc5ccc4n(-c4ccccc4)c23)cc1. The standard InChI is InChI=1S/C44H26N4O/c1-3-14-28(15-4-1)41-43-42(40-30-18-8-7-13-27(30)23-24-36(40)47(43)29-16-5-2-6-17-29)46-44(45-41)48-35-21-11-9-19-31(35)33-26-39-34(25-37(33)48)32-20-10-12-22-38(32)49-39/h1-26H. The van der Waals surface area contributed by atoms with E-state index in [4.69, 9.17) is 14.4 Å². The topological polar surface area (TPSA) is 48.8 Å². The Hall–Kier alpha value is -6.72. The lowest BCUT2D eigenvalue weighted by atomic mass is 10.1. The first kappa shape index (κ1) is 26.4. The number of aromatic nitrogens is 4. The summed E-state index contributed by atoms with van der Waals surface area (Å²) in [6.07, 6.45) is 0. The molecule has 0 radical (unpaired) electrons. The highest BCUT2D eigenvalue weighted by Crippen LogP contribution is 2.42. The minimum Gasteiger partial charge on any atom is -0.456 e. The highest BCUT2D eigenvalue weighted by molar-refractivity contribution is 6.22. The van der Waals surface area contributed by atoms with Crippen molar-refractivity contribution in [1.82, 2.24) is 19.1 Å². The van der Waals surface area contributed by atoms with Crippen molar-refractivity contribution in [2.45, 2.75) is 0 Å². The number of benzene rings is 7. The van der Waals surface area contributed by atoms with Crippen molar-refractivity contribution < 1.29 is 4.42 Å². The van der Waals surface area contributed by atoms with E-state index in [1.54, 1.807) is 0 Å². The van der Waals surface area contributed by atoms with Crippen LogP contribution in [0, 0.1) is 0 Å². The molecule has 0 atom stereocenters. The molecular weight excluding hydrogens is 601 g/mol. The number of furan rings is 1. The Kier molecular flexibility index (Phi) is 5.32. The molecule has 0 aliphatic carbocycles. The van der Waals surface area contributed by atoms with Gasteiger partial charge in [0.05, 0.1) is 22.1 Å². The zero-order valence-corrected chi connectivity index (χ0v) is 26.2. The summed E-state index contributed by atoms with van der Waals surface area (Å²) in [6.45, 7) is 0. The zero-order chi connectivity index (χ0) is 32.1. The van der Waals surface area contributed by atoms with Crippen LogP contribution < -0.4 is 0 Å². The molecule has 228 valence electrons. The maximum absolute atomic E-state index is 6.35. The first-order chi connectivity index (χ1) is 24.3. The van der Waals surface area contributed by atoms with E-state index >= 15 is 0 Å². The normalized spacial score (nSPS) is 12.1. The average Bonchev–Trinajstić information content (AvgIpc) is 3.81. The molecule has 0 N–H and O–H groups in total. The van der Waals surface area contributed by atoms with Gasteiger partial charge in [0.15, 0.2) is 0 Å². The van der Waals surface area contributed by atoms with Crippen LogP contribution in [0.25, 0.3) is 99.3 Å². The second kappa shape index (κ2) is 9.89. The van der Waals surface area contributed by atoms with Gasteiger partial charge in [-0.15, -0.1) is 0 Å². The molecule has 0 unspecified atom stereocenters. The predicted molar refractivity (Wildman–Crippen MR) is 201 cm³/mol. The van der Waals surface area contributed by atoms with Gasteiger partial charge in [-0.05, 0) is 53.2 Å². The second-order valence-electron chi connectivity index (χ2n) is 12.6. The minimum atomic E-state index is 0.629. The Labute approximate surface area is 279 Å². The first-order valence-electron chi connectivity index (χ1n) is 16.5. The van der Waals surface area contributed by atoms with Crippen LogP contribution >= 0.6 is 0 Å². The van der Waals surface area contributed by atoms with Crippen LogP contribution in [0.2, 0.25) is 0 Å². The van der Waals surface area contributed by atoms with Crippen LogP contribution in [0.4, 0.5) is 0 Å². The van der Waals surface area contributed by atoms with Crippen molar-refractivity contribution >= 4 is 76.5 Å². The van der Waals surface area contributed by atoms with Crippen molar-refractivity contribution in [2.24, 2.45) is 0 Å². The summed E-state index contributed by atoms with van der Waals surface area (Å²) in [5.74, 6) is 0.629. The third-order valence-electron chi connectivity index (χ3n) is 9.91. The van der Waals surface area contributed by atoms with Gasteiger partial charge in [0, 0.05) is 38.2 Å². The van der Waals surface area contributed by atoms with Crippen LogP contribution in [0.5, 0.6) is 0 Å². The summed E-state index contributed by atoms with van der Waals surface area (Å²) in [4.78, 5) is 11.1. The molecule has 4 heterocycles. The van der Waals surface area contributed by atoms with Gasteiger partial charge in [0.25, 0.3) is 0 Å². The molecule has 49 heavy (non-hydrogen) atoms. The van der Waals surface area contributed by atoms with E-state index in [9.17, 15) is 0 Å². The second-order valence-corrected chi connectivity index (χ2v) is 12.6. The van der Waals surface area contributed by atoms with Gasteiger partial charge in [-0.1, -0.05) is 115 Å². The molecule has 5 heteroatoms. The largest absolute Gasteiger partial charge is 0.456 e. The quantitative estimate of drug-likeness (QED) is 0.196. The van der Waals surface area contributed by atoms with Gasteiger partial charge in [0.2, 0.25) is 5.95 Å². The van der Waals surface area contributed by atoms with Crippen molar-refractivity contribution in [3.63, 3.8) is 0 Å². The molecular formula is C44H26N4O. The highest BCUT2D eigenvalue weighted by Gasteiger charge is 2.24. The van der Waals surface area contributed by atoms with Crippen molar-refractivity contribution in [2.75, 3.05) is 0 Å². The van der Waals surface area contributed by atoms with Gasteiger partial charge in [0.1, 0.15) is 22.4 Å². The molecule has 0 aliphatic rings. The summed E-state index contributed by atoms with van der Waals surface area (Å²) in [7, 11) is 0. The molecule has 0 amide bonds. The summed E-state index contributed by atoms with van der Waals surface area (Å²) < 4.78 is 10.9. The lowest BCUT2D eigenvalue weighted by Gasteiger charge is -2.13. The van der Waals surface area contributed by atoms with E-state index in [0.29, 0.717) is 5.95 Å².